The number of nitrogens with one attached hydrogen (secondary N) is 4. The molecular formula is C41H41F2N7O6. The average molecular weight is 766 g/mol. The molecule has 4 saturated heterocycles. The minimum Gasteiger partial charge on any atom is -0.465 e. The van der Waals surface area contributed by atoms with E-state index in [1.165, 1.54) is 0 Å². The monoisotopic (exact) mass is 765 g/mol. The fourth-order valence-corrected chi connectivity index (χ4v) is 9.28. The van der Waals surface area contributed by atoms with Crippen molar-refractivity contribution in [2.24, 2.45) is 5.92 Å². The van der Waals surface area contributed by atoms with E-state index in [0.29, 0.717) is 90.5 Å². The van der Waals surface area contributed by atoms with Gasteiger partial charge in [-0.2, -0.15) is 8.78 Å². The molecule has 0 unspecified atom stereocenters. The first-order valence-electron chi connectivity index (χ1n) is 19.3. The second-order valence-electron chi connectivity index (χ2n) is 15.5. The number of carboxylic acid groups (broad SMARTS) is 1. The number of hydrogen-bond donors (Lipinski definition) is 5. The lowest BCUT2D eigenvalue weighted by Gasteiger charge is -2.33. The summed E-state index contributed by atoms with van der Waals surface area (Å²) in [6, 6.07) is 14.5. The molecule has 1 aliphatic carbocycles. The van der Waals surface area contributed by atoms with E-state index in [2.05, 4.69) is 25.6 Å². The number of ether oxygens (including phenoxy) is 3. The number of imidazole rings is 2. The third kappa shape index (κ3) is 5.95. The van der Waals surface area contributed by atoms with Crippen LogP contribution in [0.1, 0.15) is 67.0 Å². The standard InChI is InChI=1S/C41H41F2N7O6/c42-41(43)28-16-23(3-6-26(28)27-7-4-25(17-29(27)41)33-20-45-36(48-33)31-2-1-11-44-31)24-5-8-30-32(18-24)47-37(46-30)34-19-40(55-14-15-56-40)21-50(34)38(51)35(49-39(52)53)22-9-12-54-13-10-22/h3-8,16-18,20,22,31,34-35,44,49H,1-2,9-15,19,21H2,(H,45,48)(H,46,47)(H,52,53)/t31-,34-,35-/m0/s1. The maximum absolute atomic E-state index is 16.3. The SMILES string of the molecule is O=C(O)N[C@H](C(=O)N1CC2(C[C@H]1c1nc3ccc(-c4ccc5c(c4)C(F)(F)c4cc(-c6cnc([C@@H]7CCCN7)[nH]6)ccc4-5)cc3[nH]1)OCCO2)C1CCOCC1. The molecule has 0 saturated carbocycles. The zero-order chi connectivity index (χ0) is 38.2. The number of benzene rings is 3. The number of carbonyl (C=O) groups is 2. The second-order valence-corrected chi connectivity index (χ2v) is 15.5. The fourth-order valence-electron chi connectivity index (χ4n) is 9.28. The summed E-state index contributed by atoms with van der Waals surface area (Å²) in [5.74, 6) is -3.53. The maximum Gasteiger partial charge on any atom is 0.405 e. The molecule has 15 heteroatoms. The van der Waals surface area contributed by atoms with Crippen LogP contribution in [0.15, 0.2) is 60.8 Å². The van der Waals surface area contributed by atoms with Gasteiger partial charge in [0.25, 0.3) is 5.92 Å². The third-order valence-corrected chi connectivity index (χ3v) is 12.1. The molecule has 13 nitrogen and oxygen atoms in total. The van der Waals surface area contributed by atoms with Gasteiger partial charge in [-0.1, -0.05) is 30.3 Å². The number of aromatic nitrogens is 4. The van der Waals surface area contributed by atoms with Gasteiger partial charge in [-0.05, 0) is 84.7 Å². The number of likely N-dealkylation sites (tertiary alicyclic amines) is 1. The van der Waals surface area contributed by atoms with Gasteiger partial charge >= 0.3 is 6.09 Å². The molecule has 0 bridgehead atoms. The molecule has 5 N–H and O–H groups in total. The van der Waals surface area contributed by atoms with Crippen molar-refractivity contribution >= 4 is 23.0 Å². The zero-order valence-electron chi connectivity index (χ0n) is 30.4. The molecule has 3 aromatic carbocycles. The van der Waals surface area contributed by atoms with Crippen molar-refractivity contribution < 1.29 is 37.7 Å². The number of aromatic amines is 2. The van der Waals surface area contributed by atoms with Gasteiger partial charge in [-0.3, -0.25) is 4.79 Å². The number of amides is 2. The van der Waals surface area contributed by atoms with Gasteiger partial charge < -0.3 is 44.8 Å². The molecule has 56 heavy (non-hydrogen) atoms. The van der Waals surface area contributed by atoms with Crippen LogP contribution in [0.25, 0.3) is 44.5 Å². The summed E-state index contributed by atoms with van der Waals surface area (Å²) in [5, 5.41) is 15.6. The molecule has 2 aromatic heterocycles. The largest absolute Gasteiger partial charge is 0.465 e. The number of carbonyl (C=O) groups excluding carboxylic acids is 1. The minimum atomic E-state index is -3.21. The van der Waals surface area contributed by atoms with Crippen LogP contribution in [0, 0.1) is 5.92 Å². The third-order valence-electron chi connectivity index (χ3n) is 12.1. The van der Waals surface area contributed by atoms with E-state index in [1.54, 1.807) is 35.4 Å². The minimum absolute atomic E-state index is 0.0350. The molecule has 5 aliphatic rings. The van der Waals surface area contributed by atoms with Gasteiger partial charge in [0, 0.05) is 36.3 Å². The predicted molar refractivity (Wildman–Crippen MR) is 200 cm³/mol. The summed E-state index contributed by atoms with van der Waals surface area (Å²) in [6.07, 6.45) is 3.90. The number of halogens is 2. The summed E-state index contributed by atoms with van der Waals surface area (Å²) in [4.78, 5) is 43.9. The highest BCUT2D eigenvalue weighted by molar-refractivity contribution is 5.88. The molecule has 2 amide bonds. The van der Waals surface area contributed by atoms with Crippen molar-refractivity contribution in [2.75, 3.05) is 39.5 Å². The first-order chi connectivity index (χ1) is 27.2. The van der Waals surface area contributed by atoms with Crippen molar-refractivity contribution in [3.63, 3.8) is 0 Å². The number of fused-ring (bicyclic) bond motifs is 4. The Morgan fingerprint density at radius 3 is 2.34 bits per heavy atom. The molecule has 5 aromatic rings. The Morgan fingerprint density at radius 2 is 1.61 bits per heavy atom. The Hall–Kier alpha value is -5.22. The molecule has 1 spiro atoms. The van der Waals surface area contributed by atoms with Gasteiger partial charge in [-0.25, -0.2) is 14.8 Å². The second kappa shape index (κ2) is 13.5. The van der Waals surface area contributed by atoms with Crippen LogP contribution in [0.2, 0.25) is 0 Å². The molecular weight excluding hydrogens is 724 g/mol. The van der Waals surface area contributed by atoms with Crippen LogP contribution < -0.4 is 10.6 Å². The number of nitrogens with zero attached hydrogens (tertiary/aromatic N) is 3. The summed E-state index contributed by atoms with van der Waals surface area (Å²) >= 11 is 0. The predicted octanol–water partition coefficient (Wildman–Crippen LogP) is 6.24. The zero-order valence-corrected chi connectivity index (χ0v) is 30.4. The van der Waals surface area contributed by atoms with E-state index >= 15 is 8.78 Å². The van der Waals surface area contributed by atoms with Crippen molar-refractivity contribution in [2.45, 2.75) is 61.9 Å². The van der Waals surface area contributed by atoms with Crippen LogP contribution >= 0.6 is 0 Å². The first-order valence-corrected chi connectivity index (χ1v) is 19.3. The Morgan fingerprint density at radius 1 is 0.893 bits per heavy atom. The lowest BCUT2D eigenvalue weighted by atomic mass is 9.90. The number of rotatable bonds is 7. The summed E-state index contributed by atoms with van der Waals surface area (Å²) in [7, 11) is 0. The van der Waals surface area contributed by atoms with E-state index in [9.17, 15) is 14.7 Å². The van der Waals surface area contributed by atoms with Gasteiger partial charge in [-0.15, -0.1) is 0 Å². The van der Waals surface area contributed by atoms with E-state index in [0.717, 1.165) is 30.8 Å². The number of alkyl halides is 2. The van der Waals surface area contributed by atoms with Crippen molar-refractivity contribution in [1.82, 2.24) is 35.5 Å². The molecule has 3 atom stereocenters. The van der Waals surface area contributed by atoms with E-state index < -0.39 is 29.9 Å². The quantitative estimate of drug-likeness (QED) is 0.129. The average Bonchev–Trinajstić information content (AvgIpc) is 4.07. The summed E-state index contributed by atoms with van der Waals surface area (Å²) < 4.78 is 50.2. The van der Waals surface area contributed by atoms with Crippen LogP contribution in [0.3, 0.4) is 0 Å². The van der Waals surface area contributed by atoms with Crippen molar-refractivity contribution in [1.29, 1.82) is 0 Å². The smallest absolute Gasteiger partial charge is 0.405 e. The molecule has 0 radical (unpaired) electrons. The van der Waals surface area contributed by atoms with Gasteiger partial charge in [0.1, 0.15) is 17.7 Å². The molecule has 4 fully saturated rings. The fraction of sp³-hybridized carbons (Fsp3) is 0.415. The highest BCUT2D eigenvalue weighted by atomic mass is 19.3. The Kier molecular flexibility index (Phi) is 8.47. The van der Waals surface area contributed by atoms with Crippen LogP contribution in [-0.4, -0.2) is 93.3 Å². The first kappa shape index (κ1) is 35.2. The maximum atomic E-state index is 16.3. The van der Waals surface area contributed by atoms with Crippen LogP contribution in [0.4, 0.5) is 13.6 Å². The molecule has 290 valence electrons. The van der Waals surface area contributed by atoms with Crippen LogP contribution in [-0.2, 0) is 24.9 Å². The molecule has 10 rings (SSSR count). The highest BCUT2D eigenvalue weighted by Crippen LogP contribution is 2.53. The summed E-state index contributed by atoms with van der Waals surface area (Å²) in [5.41, 5.74) is 4.92. The molecule has 6 heterocycles. The lowest BCUT2D eigenvalue weighted by molar-refractivity contribution is -0.154. The Balaban J connectivity index is 0.938. The van der Waals surface area contributed by atoms with E-state index in [-0.39, 0.29) is 35.5 Å². The highest BCUT2D eigenvalue weighted by Gasteiger charge is 2.53. The van der Waals surface area contributed by atoms with Gasteiger partial charge in [0.2, 0.25) is 5.91 Å². The summed E-state index contributed by atoms with van der Waals surface area (Å²) in [6.45, 7) is 2.71. The number of hydrogen-bond acceptors (Lipinski definition) is 8. The van der Waals surface area contributed by atoms with E-state index in [4.69, 9.17) is 19.2 Å². The van der Waals surface area contributed by atoms with E-state index in [1.807, 2.05) is 30.3 Å². The topological polar surface area (TPSA) is 167 Å². The molecule has 4 aliphatic heterocycles. The normalized spacial score (nSPS) is 23.1. The van der Waals surface area contributed by atoms with Crippen molar-refractivity contribution in [3.8, 4) is 33.5 Å². The number of H-pyrrole nitrogens is 2. The van der Waals surface area contributed by atoms with Crippen molar-refractivity contribution in [3.05, 3.63) is 83.6 Å². The van der Waals surface area contributed by atoms with Gasteiger partial charge in [0.15, 0.2) is 5.79 Å². The Bertz CT molecular complexity index is 2340. The van der Waals surface area contributed by atoms with Gasteiger partial charge in [0.05, 0.1) is 54.8 Å². The Labute approximate surface area is 320 Å². The lowest BCUT2D eigenvalue weighted by Crippen LogP contribution is -2.53. The van der Waals surface area contributed by atoms with Crippen LogP contribution in [0.5, 0.6) is 0 Å².